The Hall–Kier alpha value is -1.80. The number of rotatable bonds is 4. The first kappa shape index (κ1) is 21.9. The standard InChI is InChI=1S/C21H29F3N2O3/c1-15(2)29-14-16-11-18(17-3-5-19(6-4-17)21(22,23)24)13-26(12-16)20(27)25-7-9-28-10-8-25/h3-6,15-16,18H,7-14H2,1-2H3. The lowest BCUT2D eigenvalue weighted by Gasteiger charge is -2.41. The maximum absolute atomic E-state index is 13.0. The van der Waals surface area contributed by atoms with Gasteiger partial charge in [0.15, 0.2) is 0 Å². The van der Waals surface area contributed by atoms with Crippen LogP contribution in [0.15, 0.2) is 24.3 Å². The van der Waals surface area contributed by atoms with Crippen molar-refractivity contribution in [1.82, 2.24) is 9.80 Å². The van der Waals surface area contributed by atoms with E-state index in [2.05, 4.69) is 0 Å². The smallest absolute Gasteiger partial charge is 0.378 e. The van der Waals surface area contributed by atoms with Gasteiger partial charge in [0.1, 0.15) is 0 Å². The Kier molecular flexibility index (Phi) is 7.05. The van der Waals surface area contributed by atoms with Crippen LogP contribution in [-0.2, 0) is 15.7 Å². The first-order chi connectivity index (χ1) is 13.7. The van der Waals surface area contributed by atoms with Crippen molar-refractivity contribution in [2.24, 2.45) is 5.92 Å². The molecule has 2 saturated heterocycles. The van der Waals surface area contributed by atoms with Gasteiger partial charge in [0.05, 0.1) is 31.5 Å². The van der Waals surface area contributed by atoms with Crippen molar-refractivity contribution in [3.63, 3.8) is 0 Å². The monoisotopic (exact) mass is 414 g/mol. The molecule has 2 heterocycles. The number of likely N-dealkylation sites (tertiary alicyclic amines) is 1. The molecule has 0 bridgehead atoms. The van der Waals surface area contributed by atoms with Gasteiger partial charge in [-0.1, -0.05) is 12.1 Å². The number of hydrogen-bond acceptors (Lipinski definition) is 3. The molecule has 0 saturated carbocycles. The number of benzene rings is 1. The van der Waals surface area contributed by atoms with Gasteiger partial charge in [0.25, 0.3) is 0 Å². The molecule has 0 radical (unpaired) electrons. The van der Waals surface area contributed by atoms with Crippen molar-refractivity contribution in [3.05, 3.63) is 35.4 Å². The van der Waals surface area contributed by atoms with Crippen LogP contribution in [0, 0.1) is 5.92 Å². The zero-order chi connectivity index (χ0) is 21.0. The number of ether oxygens (including phenoxy) is 2. The van der Waals surface area contributed by atoms with Crippen LogP contribution in [0.2, 0.25) is 0 Å². The first-order valence-electron chi connectivity index (χ1n) is 10.1. The van der Waals surface area contributed by atoms with E-state index in [-0.39, 0.29) is 24.0 Å². The number of amides is 2. The van der Waals surface area contributed by atoms with Gasteiger partial charge >= 0.3 is 12.2 Å². The molecule has 2 aliphatic rings. The average Bonchev–Trinajstić information content (AvgIpc) is 2.71. The van der Waals surface area contributed by atoms with E-state index in [4.69, 9.17) is 9.47 Å². The van der Waals surface area contributed by atoms with Crippen LogP contribution in [0.25, 0.3) is 0 Å². The molecule has 1 aromatic rings. The van der Waals surface area contributed by atoms with Crippen molar-refractivity contribution in [2.45, 2.75) is 38.5 Å². The maximum Gasteiger partial charge on any atom is 0.416 e. The van der Waals surface area contributed by atoms with Crippen molar-refractivity contribution in [1.29, 1.82) is 0 Å². The molecular weight excluding hydrogens is 385 g/mol. The first-order valence-corrected chi connectivity index (χ1v) is 10.1. The molecule has 8 heteroatoms. The van der Waals surface area contributed by atoms with E-state index < -0.39 is 11.7 Å². The molecule has 0 aliphatic carbocycles. The van der Waals surface area contributed by atoms with Gasteiger partial charge in [0.2, 0.25) is 0 Å². The second kappa shape index (κ2) is 9.34. The Labute approximate surface area is 169 Å². The predicted octanol–water partition coefficient (Wildman–Crippen LogP) is 3.99. The number of piperidine rings is 1. The lowest BCUT2D eigenvalue weighted by atomic mass is 9.84. The number of nitrogens with zero attached hydrogens (tertiary/aromatic N) is 2. The molecule has 1 aromatic carbocycles. The van der Waals surface area contributed by atoms with Crippen molar-refractivity contribution < 1.29 is 27.4 Å². The van der Waals surface area contributed by atoms with Gasteiger partial charge in [-0.25, -0.2) is 4.79 Å². The Morgan fingerprint density at radius 2 is 1.79 bits per heavy atom. The summed E-state index contributed by atoms with van der Waals surface area (Å²) in [7, 11) is 0. The topological polar surface area (TPSA) is 42.0 Å². The third-order valence-electron chi connectivity index (χ3n) is 5.46. The highest BCUT2D eigenvalue weighted by atomic mass is 19.4. The number of halogens is 3. The van der Waals surface area contributed by atoms with E-state index in [9.17, 15) is 18.0 Å². The molecule has 29 heavy (non-hydrogen) atoms. The Bertz CT molecular complexity index is 673. The van der Waals surface area contributed by atoms with Crippen LogP contribution in [0.3, 0.4) is 0 Å². The molecule has 2 atom stereocenters. The lowest BCUT2D eigenvalue weighted by molar-refractivity contribution is -0.137. The summed E-state index contributed by atoms with van der Waals surface area (Å²) in [5.74, 6) is 0.125. The van der Waals surface area contributed by atoms with Gasteiger partial charge in [-0.05, 0) is 38.0 Å². The highest BCUT2D eigenvalue weighted by Crippen LogP contribution is 2.34. The molecular formula is C21H29F3N2O3. The molecule has 5 nitrogen and oxygen atoms in total. The third kappa shape index (κ3) is 5.85. The van der Waals surface area contributed by atoms with Gasteiger partial charge in [-0.2, -0.15) is 13.2 Å². The number of carbonyl (C=O) groups is 1. The summed E-state index contributed by atoms with van der Waals surface area (Å²) < 4.78 is 49.8. The van der Waals surface area contributed by atoms with Crippen LogP contribution in [0.5, 0.6) is 0 Å². The van der Waals surface area contributed by atoms with Gasteiger partial charge in [0, 0.05) is 38.0 Å². The summed E-state index contributed by atoms with van der Waals surface area (Å²) >= 11 is 0. The Morgan fingerprint density at radius 3 is 2.38 bits per heavy atom. The fourth-order valence-electron chi connectivity index (χ4n) is 3.95. The largest absolute Gasteiger partial charge is 0.416 e. The van der Waals surface area contributed by atoms with Crippen LogP contribution in [-0.4, -0.2) is 67.9 Å². The van der Waals surface area contributed by atoms with Crippen LogP contribution < -0.4 is 0 Å². The lowest BCUT2D eigenvalue weighted by Crippen LogP contribution is -2.52. The molecule has 0 spiro atoms. The molecule has 162 valence electrons. The second-order valence-corrected chi connectivity index (χ2v) is 8.09. The zero-order valence-corrected chi connectivity index (χ0v) is 17.0. The fourth-order valence-corrected chi connectivity index (χ4v) is 3.95. The summed E-state index contributed by atoms with van der Waals surface area (Å²) in [5, 5.41) is 0. The Balaban J connectivity index is 1.75. The van der Waals surface area contributed by atoms with E-state index in [1.54, 1.807) is 4.90 Å². The van der Waals surface area contributed by atoms with Gasteiger partial charge in [-0.3, -0.25) is 0 Å². The Morgan fingerprint density at radius 1 is 1.14 bits per heavy atom. The molecule has 2 fully saturated rings. The highest BCUT2D eigenvalue weighted by molar-refractivity contribution is 5.74. The quantitative estimate of drug-likeness (QED) is 0.748. The number of hydrogen-bond donors (Lipinski definition) is 0. The summed E-state index contributed by atoms with van der Waals surface area (Å²) in [6.07, 6.45) is -3.48. The molecule has 3 rings (SSSR count). The van der Waals surface area contributed by atoms with Crippen LogP contribution in [0.4, 0.5) is 18.0 Å². The minimum atomic E-state index is -4.35. The SMILES string of the molecule is CC(C)OCC1CC(c2ccc(C(F)(F)F)cc2)CN(C(=O)N2CCOCC2)C1. The average molecular weight is 414 g/mol. The fraction of sp³-hybridized carbons (Fsp3) is 0.667. The molecule has 0 aromatic heterocycles. The predicted molar refractivity (Wildman–Crippen MR) is 103 cm³/mol. The van der Waals surface area contributed by atoms with E-state index in [0.29, 0.717) is 46.0 Å². The normalized spacial score (nSPS) is 23.5. The number of alkyl halides is 3. The molecule has 2 amide bonds. The van der Waals surface area contributed by atoms with E-state index in [1.165, 1.54) is 12.1 Å². The summed E-state index contributed by atoms with van der Waals surface area (Å²) in [6, 6.07) is 5.29. The van der Waals surface area contributed by atoms with E-state index >= 15 is 0 Å². The van der Waals surface area contributed by atoms with Gasteiger partial charge in [-0.15, -0.1) is 0 Å². The third-order valence-corrected chi connectivity index (χ3v) is 5.46. The van der Waals surface area contributed by atoms with Crippen LogP contribution in [0.1, 0.15) is 37.3 Å². The molecule has 2 unspecified atom stereocenters. The maximum atomic E-state index is 13.0. The van der Waals surface area contributed by atoms with E-state index in [1.807, 2.05) is 18.7 Å². The van der Waals surface area contributed by atoms with E-state index in [0.717, 1.165) is 24.1 Å². The summed E-state index contributed by atoms with van der Waals surface area (Å²) in [5.41, 5.74) is 0.171. The van der Waals surface area contributed by atoms with Crippen molar-refractivity contribution >= 4 is 6.03 Å². The summed E-state index contributed by atoms with van der Waals surface area (Å²) in [4.78, 5) is 16.6. The number of urea groups is 1. The second-order valence-electron chi connectivity index (χ2n) is 8.09. The highest BCUT2D eigenvalue weighted by Gasteiger charge is 2.35. The zero-order valence-electron chi connectivity index (χ0n) is 17.0. The molecule has 0 N–H and O–H groups in total. The van der Waals surface area contributed by atoms with Gasteiger partial charge < -0.3 is 19.3 Å². The minimum absolute atomic E-state index is 0.0169. The van der Waals surface area contributed by atoms with Crippen molar-refractivity contribution in [3.8, 4) is 0 Å². The molecule has 2 aliphatic heterocycles. The minimum Gasteiger partial charge on any atom is -0.378 e. The summed E-state index contributed by atoms with van der Waals surface area (Å²) in [6.45, 7) is 7.74. The number of carbonyl (C=O) groups excluding carboxylic acids is 1. The number of morpholine rings is 1. The van der Waals surface area contributed by atoms with Crippen LogP contribution >= 0.6 is 0 Å². The van der Waals surface area contributed by atoms with Crippen molar-refractivity contribution in [2.75, 3.05) is 46.0 Å².